The van der Waals surface area contributed by atoms with E-state index in [0.29, 0.717) is 11.5 Å². The fourth-order valence-corrected chi connectivity index (χ4v) is 2.04. The molecule has 104 valence electrons. The van der Waals surface area contributed by atoms with Crippen molar-refractivity contribution in [2.45, 2.75) is 0 Å². The number of nitrogens with two attached hydrogens (primary N) is 1. The highest BCUT2D eigenvalue weighted by molar-refractivity contribution is 5.92. The third-order valence-corrected chi connectivity index (χ3v) is 3.10. The second-order valence-corrected chi connectivity index (χ2v) is 4.52. The Morgan fingerprint density at radius 2 is 1.76 bits per heavy atom. The van der Waals surface area contributed by atoms with Crippen LogP contribution in [0.4, 0.5) is 11.6 Å². The van der Waals surface area contributed by atoms with E-state index in [1.165, 1.54) is 0 Å². The Kier molecular flexibility index (Phi) is 3.39. The quantitative estimate of drug-likeness (QED) is 0.770. The highest BCUT2D eigenvalue weighted by atomic mass is 16.1. The summed E-state index contributed by atoms with van der Waals surface area (Å²) in [5.74, 6) is 0.267. The summed E-state index contributed by atoms with van der Waals surface area (Å²) in [5.41, 5.74) is 7.58. The Bertz CT molecular complexity index is 747. The Hall–Kier alpha value is -3.08. The number of anilines is 2. The van der Waals surface area contributed by atoms with Crippen LogP contribution in [-0.4, -0.2) is 15.5 Å². The Labute approximate surface area is 122 Å². The molecule has 0 aliphatic rings. The van der Waals surface area contributed by atoms with Crippen LogP contribution in [0.3, 0.4) is 0 Å². The summed E-state index contributed by atoms with van der Waals surface area (Å²) in [5, 5.41) is 3.25. The predicted octanol–water partition coefficient (Wildman–Crippen LogP) is 2.71. The number of carbonyl (C=O) groups excluding carboxylic acids is 1. The number of nitrogens with one attached hydrogen (secondary N) is 1. The zero-order valence-corrected chi connectivity index (χ0v) is 11.2. The van der Waals surface area contributed by atoms with Gasteiger partial charge in [-0.25, -0.2) is 4.98 Å². The van der Waals surface area contributed by atoms with Gasteiger partial charge in [0.25, 0.3) is 0 Å². The van der Waals surface area contributed by atoms with E-state index in [1.807, 2.05) is 53.2 Å². The first-order valence-corrected chi connectivity index (χ1v) is 6.50. The molecular weight excluding hydrogens is 264 g/mol. The topological polar surface area (TPSA) is 72.9 Å². The van der Waals surface area contributed by atoms with Gasteiger partial charge in [0.1, 0.15) is 0 Å². The standard InChI is InChI=1S/C16H14N4O/c17-15(21)12-6-8-14(9-7-12)20-11-10-18-16(20)19-13-4-2-1-3-5-13/h1-11H,(H2,17,21)(H,18,19). The second-order valence-electron chi connectivity index (χ2n) is 4.52. The number of hydrogen-bond donors (Lipinski definition) is 2. The fourth-order valence-electron chi connectivity index (χ4n) is 2.04. The lowest BCUT2D eigenvalue weighted by atomic mass is 10.2. The van der Waals surface area contributed by atoms with Crippen LogP contribution in [0.1, 0.15) is 10.4 Å². The van der Waals surface area contributed by atoms with Crippen molar-refractivity contribution in [3.8, 4) is 5.69 Å². The molecule has 0 saturated carbocycles. The second kappa shape index (κ2) is 5.50. The van der Waals surface area contributed by atoms with Crippen LogP contribution in [0.15, 0.2) is 67.0 Å². The van der Waals surface area contributed by atoms with Crippen LogP contribution in [-0.2, 0) is 0 Å². The molecule has 0 aliphatic carbocycles. The van der Waals surface area contributed by atoms with Crippen molar-refractivity contribution in [2.75, 3.05) is 5.32 Å². The van der Waals surface area contributed by atoms with Gasteiger partial charge in [0, 0.05) is 29.3 Å². The van der Waals surface area contributed by atoms with E-state index < -0.39 is 5.91 Å². The molecule has 1 amide bonds. The number of para-hydroxylation sites is 1. The molecule has 0 aliphatic heterocycles. The first-order chi connectivity index (χ1) is 10.2. The maximum Gasteiger partial charge on any atom is 0.248 e. The number of hydrogen-bond acceptors (Lipinski definition) is 3. The molecule has 0 saturated heterocycles. The third kappa shape index (κ3) is 2.76. The monoisotopic (exact) mass is 278 g/mol. The van der Waals surface area contributed by atoms with Gasteiger partial charge < -0.3 is 11.1 Å². The van der Waals surface area contributed by atoms with E-state index >= 15 is 0 Å². The zero-order valence-electron chi connectivity index (χ0n) is 11.2. The molecule has 1 heterocycles. The van der Waals surface area contributed by atoms with Crippen molar-refractivity contribution in [3.63, 3.8) is 0 Å². The molecule has 3 rings (SSSR count). The molecule has 3 aromatic rings. The first kappa shape index (κ1) is 12.9. The van der Waals surface area contributed by atoms with Gasteiger partial charge >= 0.3 is 0 Å². The maximum atomic E-state index is 11.1. The van der Waals surface area contributed by atoms with Gasteiger partial charge in [-0.3, -0.25) is 9.36 Å². The molecule has 0 radical (unpaired) electrons. The number of aromatic nitrogens is 2. The normalized spacial score (nSPS) is 10.3. The van der Waals surface area contributed by atoms with Crippen LogP contribution >= 0.6 is 0 Å². The zero-order chi connectivity index (χ0) is 14.7. The predicted molar refractivity (Wildman–Crippen MR) is 81.8 cm³/mol. The number of benzene rings is 2. The summed E-state index contributed by atoms with van der Waals surface area (Å²) in [7, 11) is 0. The number of amides is 1. The van der Waals surface area contributed by atoms with Gasteiger partial charge in [-0.05, 0) is 36.4 Å². The lowest BCUT2D eigenvalue weighted by molar-refractivity contribution is 0.100. The summed E-state index contributed by atoms with van der Waals surface area (Å²) >= 11 is 0. The number of rotatable bonds is 4. The Balaban J connectivity index is 1.90. The SMILES string of the molecule is NC(=O)c1ccc(-n2ccnc2Nc2ccccc2)cc1. The minimum Gasteiger partial charge on any atom is -0.366 e. The van der Waals surface area contributed by atoms with Gasteiger partial charge in [-0.2, -0.15) is 0 Å². The van der Waals surface area contributed by atoms with Crippen LogP contribution < -0.4 is 11.1 Å². The van der Waals surface area contributed by atoms with Crippen molar-refractivity contribution in [3.05, 3.63) is 72.6 Å². The smallest absolute Gasteiger partial charge is 0.248 e. The van der Waals surface area contributed by atoms with Crippen molar-refractivity contribution >= 4 is 17.5 Å². The average molecular weight is 278 g/mol. The molecule has 0 bridgehead atoms. The summed E-state index contributed by atoms with van der Waals surface area (Å²) in [6, 6.07) is 16.9. The summed E-state index contributed by atoms with van der Waals surface area (Å²) in [6.07, 6.45) is 3.57. The van der Waals surface area contributed by atoms with E-state index in [4.69, 9.17) is 5.73 Å². The van der Waals surface area contributed by atoms with Crippen molar-refractivity contribution in [1.82, 2.24) is 9.55 Å². The summed E-state index contributed by atoms with van der Waals surface area (Å²) in [4.78, 5) is 15.4. The molecular formula is C16H14N4O. The lowest BCUT2D eigenvalue weighted by Gasteiger charge is -2.10. The molecule has 0 atom stereocenters. The molecule has 5 nitrogen and oxygen atoms in total. The number of carbonyl (C=O) groups is 1. The molecule has 5 heteroatoms. The van der Waals surface area contributed by atoms with E-state index in [0.717, 1.165) is 11.4 Å². The Morgan fingerprint density at radius 3 is 2.43 bits per heavy atom. The summed E-state index contributed by atoms with van der Waals surface area (Å²) < 4.78 is 1.90. The third-order valence-electron chi connectivity index (χ3n) is 3.10. The lowest BCUT2D eigenvalue weighted by Crippen LogP contribution is -2.10. The average Bonchev–Trinajstić information content (AvgIpc) is 2.96. The van der Waals surface area contributed by atoms with Crippen molar-refractivity contribution in [1.29, 1.82) is 0 Å². The fraction of sp³-hybridized carbons (Fsp3) is 0. The molecule has 1 aromatic heterocycles. The highest BCUT2D eigenvalue weighted by Gasteiger charge is 2.06. The molecule has 2 aromatic carbocycles. The number of primary amides is 1. The molecule has 3 N–H and O–H groups in total. The van der Waals surface area contributed by atoms with Gasteiger partial charge in [0.05, 0.1) is 0 Å². The molecule has 0 spiro atoms. The van der Waals surface area contributed by atoms with E-state index in [1.54, 1.807) is 18.3 Å². The van der Waals surface area contributed by atoms with Crippen LogP contribution in [0.5, 0.6) is 0 Å². The van der Waals surface area contributed by atoms with Crippen molar-refractivity contribution < 1.29 is 4.79 Å². The van der Waals surface area contributed by atoms with Crippen LogP contribution in [0.2, 0.25) is 0 Å². The Morgan fingerprint density at radius 1 is 1.05 bits per heavy atom. The molecule has 21 heavy (non-hydrogen) atoms. The van der Waals surface area contributed by atoms with E-state index in [-0.39, 0.29) is 0 Å². The van der Waals surface area contributed by atoms with Gasteiger partial charge in [-0.1, -0.05) is 18.2 Å². The van der Waals surface area contributed by atoms with Crippen LogP contribution in [0.25, 0.3) is 5.69 Å². The van der Waals surface area contributed by atoms with Gasteiger partial charge in [-0.15, -0.1) is 0 Å². The summed E-state index contributed by atoms with van der Waals surface area (Å²) in [6.45, 7) is 0. The van der Waals surface area contributed by atoms with E-state index in [9.17, 15) is 4.79 Å². The van der Waals surface area contributed by atoms with Gasteiger partial charge in [0.2, 0.25) is 11.9 Å². The first-order valence-electron chi connectivity index (χ1n) is 6.50. The minimum absolute atomic E-state index is 0.435. The molecule has 0 fully saturated rings. The minimum atomic E-state index is -0.435. The highest BCUT2D eigenvalue weighted by Crippen LogP contribution is 2.19. The number of imidazole rings is 1. The number of nitrogens with zero attached hydrogens (tertiary/aromatic N) is 2. The largest absolute Gasteiger partial charge is 0.366 e. The van der Waals surface area contributed by atoms with E-state index in [2.05, 4.69) is 10.3 Å². The van der Waals surface area contributed by atoms with Crippen LogP contribution in [0, 0.1) is 0 Å². The van der Waals surface area contributed by atoms with Crippen molar-refractivity contribution in [2.24, 2.45) is 5.73 Å². The van der Waals surface area contributed by atoms with Gasteiger partial charge in [0.15, 0.2) is 0 Å². The molecule has 0 unspecified atom stereocenters. The maximum absolute atomic E-state index is 11.1.